The van der Waals surface area contributed by atoms with Crippen LogP contribution in [-0.4, -0.2) is 40.8 Å². The molecule has 7 heteroatoms. The first-order valence-corrected chi connectivity index (χ1v) is 7.31. The number of ether oxygens (including phenoxy) is 1. The number of nitriles is 1. The van der Waals surface area contributed by atoms with Gasteiger partial charge in [0, 0.05) is 12.1 Å². The molecule has 0 bridgehead atoms. The zero-order valence-corrected chi connectivity index (χ0v) is 12.8. The number of nitrogens with two attached hydrogens (primary N) is 1. The average molecular weight is 311 g/mol. The van der Waals surface area contributed by atoms with Crippen LogP contribution < -0.4 is 10.5 Å². The third-order valence-electron chi connectivity index (χ3n) is 4.02. The first kappa shape index (κ1) is 14.9. The fourth-order valence-electron chi connectivity index (χ4n) is 2.88. The third kappa shape index (κ3) is 2.71. The molecule has 118 valence electrons. The molecule has 1 saturated heterocycles. The first-order valence-electron chi connectivity index (χ1n) is 7.31. The maximum absolute atomic E-state index is 11.5. The number of aromatic nitrogens is 2. The van der Waals surface area contributed by atoms with E-state index in [1.54, 1.807) is 22.8 Å². The van der Waals surface area contributed by atoms with Gasteiger partial charge in [-0.1, -0.05) is 12.1 Å². The first-order chi connectivity index (χ1) is 11.1. The summed E-state index contributed by atoms with van der Waals surface area (Å²) in [6.07, 6.45) is 2.94. The quantitative estimate of drug-likeness (QED) is 0.860. The van der Waals surface area contributed by atoms with E-state index in [-0.39, 0.29) is 11.7 Å². The molecule has 2 N–H and O–H groups in total. The second kappa shape index (κ2) is 6.01. The lowest BCUT2D eigenvalue weighted by molar-refractivity contribution is 0.0994. The Bertz CT molecular complexity index is 777. The van der Waals surface area contributed by atoms with Crippen LogP contribution in [0.15, 0.2) is 30.3 Å². The number of benzene rings is 1. The SMILES string of the molecule is COc1ccccc1-c1cc(C(N)=O)nn1[C@@H]1CCN(C#N)C1. The van der Waals surface area contributed by atoms with E-state index >= 15 is 0 Å². The fourth-order valence-corrected chi connectivity index (χ4v) is 2.88. The van der Waals surface area contributed by atoms with Crippen molar-refractivity contribution in [3.63, 3.8) is 0 Å². The summed E-state index contributed by atoms with van der Waals surface area (Å²) >= 11 is 0. The summed E-state index contributed by atoms with van der Waals surface area (Å²) in [5.74, 6) is 0.120. The zero-order valence-electron chi connectivity index (χ0n) is 12.8. The molecule has 1 aliphatic heterocycles. The van der Waals surface area contributed by atoms with Crippen LogP contribution in [0, 0.1) is 11.5 Å². The highest BCUT2D eigenvalue weighted by Gasteiger charge is 2.28. The molecule has 2 heterocycles. The molecule has 0 unspecified atom stereocenters. The third-order valence-corrected chi connectivity index (χ3v) is 4.02. The number of para-hydroxylation sites is 1. The van der Waals surface area contributed by atoms with Crippen LogP contribution in [0.1, 0.15) is 23.0 Å². The summed E-state index contributed by atoms with van der Waals surface area (Å²) < 4.78 is 7.20. The Kier molecular flexibility index (Phi) is 3.89. The highest BCUT2D eigenvalue weighted by molar-refractivity contribution is 5.92. The molecule has 23 heavy (non-hydrogen) atoms. The van der Waals surface area contributed by atoms with Crippen molar-refractivity contribution in [2.24, 2.45) is 5.73 Å². The molecular formula is C16H17N5O2. The Morgan fingerprint density at radius 3 is 2.91 bits per heavy atom. The minimum absolute atomic E-state index is 0.0164. The van der Waals surface area contributed by atoms with Gasteiger partial charge in [0.15, 0.2) is 11.9 Å². The molecule has 1 aromatic carbocycles. The summed E-state index contributed by atoms with van der Waals surface area (Å²) in [7, 11) is 1.60. The Morgan fingerprint density at radius 2 is 2.26 bits per heavy atom. The normalized spacial score (nSPS) is 17.0. The standard InChI is InChI=1S/C16H17N5O2/c1-23-15-5-3-2-4-12(15)14-8-13(16(18)22)19-21(14)11-6-7-20(9-11)10-17/h2-5,8,11H,6-7,9H2,1H3,(H2,18,22)/t11-/m1/s1. The van der Waals surface area contributed by atoms with Gasteiger partial charge in [-0.25, -0.2) is 0 Å². The van der Waals surface area contributed by atoms with Crippen LogP contribution in [0.25, 0.3) is 11.3 Å². The Morgan fingerprint density at radius 1 is 1.48 bits per heavy atom. The van der Waals surface area contributed by atoms with Crippen LogP contribution in [-0.2, 0) is 0 Å². The van der Waals surface area contributed by atoms with Crippen molar-refractivity contribution in [2.45, 2.75) is 12.5 Å². The second-order valence-corrected chi connectivity index (χ2v) is 5.41. The maximum atomic E-state index is 11.5. The monoisotopic (exact) mass is 311 g/mol. The molecule has 0 radical (unpaired) electrons. The fraction of sp³-hybridized carbons (Fsp3) is 0.312. The number of hydrogen-bond donors (Lipinski definition) is 1. The van der Waals surface area contributed by atoms with Crippen molar-refractivity contribution < 1.29 is 9.53 Å². The van der Waals surface area contributed by atoms with Gasteiger partial charge in [-0.15, -0.1) is 0 Å². The van der Waals surface area contributed by atoms with E-state index in [9.17, 15) is 4.79 Å². The van der Waals surface area contributed by atoms with Crippen LogP contribution >= 0.6 is 0 Å². The van der Waals surface area contributed by atoms with E-state index in [1.807, 2.05) is 24.3 Å². The molecule has 2 aromatic rings. The summed E-state index contributed by atoms with van der Waals surface area (Å²) in [5.41, 5.74) is 7.20. The number of likely N-dealkylation sites (tertiary alicyclic amines) is 1. The molecule has 0 aliphatic carbocycles. The van der Waals surface area contributed by atoms with E-state index in [2.05, 4.69) is 11.3 Å². The number of primary amides is 1. The Labute approximate surface area is 133 Å². The van der Waals surface area contributed by atoms with E-state index in [4.69, 9.17) is 15.7 Å². The Hall–Kier alpha value is -3.01. The summed E-state index contributed by atoms with van der Waals surface area (Å²) in [4.78, 5) is 13.2. The van der Waals surface area contributed by atoms with Gasteiger partial charge in [0.25, 0.3) is 5.91 Å². The molecule has 0 saturated carbocycles. The van der Waals surface area contributed by atoms with Crippen LogP contribution in [0.3, 0.4) is 0 Å². The molecular weight excluding hydrogens is 294 g/mol. The van der Waals surface area contributed by atoms with Crippen LogP contribution in [0.2, 0.25) is 0 Å². The summed E-state index contributed by atoms with van der Waals surface area (Å²) in [5, 5.41) is 13.4. The number of carbonyl (C=O) groups excluding carboxylic acids is 1. The topological polar surface area (TPSA) is 97.2 Å². The van der Waals surface area contributed by atoms with Crippen molar-refractivity contribution in [2.75, 3.05) is 20.2 Å². The van der Waals surface area contributed by atoms with Gasteiger partial charge in [-0.2, -0.15) is 10.4 Å². The minimum atomic E-state index is -0.574. The zero-order chi connectivity index (χ0) is 16.4. The highest BCUT2D eigenvalue weighted by atomic mass is 16.5. The number of nitrogens with zero attached hydrogens (tertiary/aromatic N) is 4. The van der Waals surface area contributed by atoms with Crippen LogP contribution in [0.4, 0.5) is 0 Å². The van der Waals surface area contributed by atoms with E-state index in [0.29, 0.717) is 18.8 Å². The molecule has 0 spiro atoms. The van der Waals surface area contributed by atoms with Gasteiger partial charge in [0.2, 0.25) is 0 Å². The number of hydrogen-bond acceptors (Lipinski definition) is 5. The number of rotatable bonds is 4. The van der Waals surface area contributed by atoms with Gasteiger partial charge >= 0.3 is 0 Å². The van der Waals surface area contributed by atoms with Crippen molar-refractivity contribution in [1.82, 2.24) is 14.7 Å². The maximum Gasteiger partial charge on any atom is 0.269 e. The number of carbonyl (C=O) groups is 1. The van der Waals surface area contributed by atoms with Crippen molar-refractivity contribution in [1.29, 1.82) is 5.26 Å². The predicted octanol–water partition coefficient (Wildman–Crippen LogP) is 1.39. The average Bonchev–Trinajstić information content (AvgIpc) is 3.21. The van der Waals surface area contributed by atoms with E-state index in [1.165, 1.54) is 0 Å². The lowest BCUT2D eigenvalue weighted by atomic mass is 10.1. The number of methoxy groups -OCH3 is 1. The lowest BCUT2D eigenvalue weighted by Gasteiger charge is -2.16. The molecule has 1 atom stereocenters. The molecule has 7 nitrogen and oxygen atoms in total. The molecule has 1 amide bonds. The highest BCUT2D eigenvalue weighted by Crippen LogP contribution is 2.33. The van der Waals surface area contributed by atoms with Crippen molar-refractivity contribution in [3.05, 3.63) is 36.0 Å². The van der Waals surface area contributed by atoms with Gasteiger partial charge < -0.3 is 15.4 Å². The number of amides is 1. The van der Waals surface area contributed by atoms with Crippen molar-refractivity contribution in [3.8, 4) is 23.2 Å². The predicted molar refractivity (Wildman–Crippen MR) is 83.6 cm³/mol. The van der Waals surface area contributed by atoms with Gasteiger partial charge in [-0.3, -0.25) is 9.48 Å². The van der Waals surface area contributed by atoms with Gasteiger partial charge in [-0.05, 0) is 24.6 Å². The van der Waals surface area contributed by atoms with E-state index < -0.39 is 5.91 Å². The van der Waals surface area contributed by atoms with Gasteiger partial charge in [0.1, 0.15) is 5.75 Å². The molecule has 1 fully saturated rings. The summed E-state index contributed by atoms with van der Waals surface area (Å²) in [6, 6.07) is 9.24. The van der Waals surface area contributed by atoms with Gasteiger partial charge in [0.05, 0.1) is 25.4 Å². The summed E-state index contributed by atoms with van der Waals surface area (Å²) in [6.45, 7) is 1.25. The van der Waals surface area contributed by atoms with E-state index in [0.717, 1.165) is 17.7 Å². The van der Waals surface area contributed by atoms with Crippen LogP contribution in [0.5, 0.6) is 5.75 Å². The largest absolute Gasteiger partial charge is 0.496 e. The molecule has 1 aromatic heterocycles. The second-order valence-electron chi connectivity index (χ2n) is 5.41. The smallest absolute Gasteiger partial charge is 0.269 e. The minimum Gasteiger partial charge on any atom is -0.496 e. The molecule has 3 rings (SSSR count). The lowest BCUT2D eigenvalue weighted by Crippen LogP contribution is -2.18. The Balaban J connectivity index is 2.09. The molecule has 1 aliphatic rings. The van der Waals surface area contributed by atoms with Crippen molar-refractivity contribution >= 4 is 5.91 Å².